The predicted octanol–water partition coefficient (Wildman–Crippen LogP) is 3.23. The Balaban J connectivity index is 1.99. The molecule has 1 fully saturated rings. The van der Waals surface area contributed by atoms with Gasteiger partial charge in [-0.1, -0.05) is 12.8 Å². The van der Waals surface area contributed by atoms with Crippen molar-refractivity contribution in [2.75, 3.05) is 19.0 Å². The summed E-state index contributed by atoms with van der Waals surface area (Å²) in [4.78, 5) is 9.14. The normalized spacial score (nSPS) is 15.9. The average Bonchev–Trinajstić information content (AvgIpc) is 2.90. The van der Waals surface area contributed by atoms with Crippen molar-refractivity contribution in [3.8, 4) is 0 Å². The van der Waals surface area contributed by atoms with Gasteiger partial charge in [0.1, 0.15) is 11.6 Å². The van der Waals surface area contributed by atoms with Gasteiger partial charge in [0.15, 0.2) is 0 Å². The first kappa shape index (κ1) is 14.6. The molecule has 2 rings (SSSR count). The Bertz CT molecular complexity index is 370. The molecule has 1 aromatic heterocycles. The number of hydrogen-bond donors (Lipinski definition) is 1. The second-order valence-corrected chi connectivity index (χ2v) is 6.13. The smallest absolute Gasteiger partial charge is 0.140 e. The minimum absolute atomic E-state index is 0.544. The topological polar surface area (TPSA) is 47.0 Å². The van der Waals surface area contributed by atoms with E-state index in [-0.39, 0.29) is 0 Å². The molecule has 1 aliphatic rings. The zero-order chi connectivity index (χ0) is 13.5. The monoisotopic (exact) mass is 281 g/mol. The van der Waals surface area contributed by atoms with E-state index >= 15 is 0 Å². The van der Waals surface area contributed by atoms with Gasteiger partial charge >= 0.3 is 0 Å². The number of thioether (sulfide) groups is 1. The summed E-state index contributed by atoms with van der Waals surface area (Å²) in [5.41, 5.74) is 0.954. The molecular formula is C14H23N3OS. The van der Waals surface area contributed by atoms with Crippen LogP contribution < -0.4 is 5.32 Å². The van der Waals surface area contributed by atoms with E-state index in [0.717, 1.165) is 34.9 Å². The molecule has 0 aliphatic heterocycles. The van der Waals surface area contributed by atoms with Crippen LogP contribution in [0, 0.1) is 0 Å². The van der Waals surface area contributed by atoms with Crippen LogP contribution in [0.5, 0.6) is 0 Å². The molecule has 19 heavy (non-hydrogen) atoms. The third-order valence-corrected chi connectivity index (χ3v) is 4.59. The number of hydrogen-bond acceptors (Lipinski definition) is 5. The molecule has 0 aromatic carbocycles. The average molecular weight is 281 g/mol. The second kappa shape index (κ2) is 7.70. The van der Waals surface area contributed by atoms with Crippen LogP contribution in [-0.2, 0) is 17.1 Å². The Morgan fingerprint density at radius 3 is 2.84 bits per heavy atom. The van der Waals surface area contributed by atoms with Crippen molar-refractivity contribution in [3.63, 3.8) is 0 Å². The van der Waals surface area contributed by atoms with E-state index < -0.39 is 0 Å². The van der Waals surface area contributed by atoms with Gasteiger partial charge in [0.2, 0.25) is 0 Å². The quantitative estimate of drug-likeness (QED) is 0.831. The van der Waals surface area contributed by atoms with Gasteiger partial charge in [-0.3, -0.25) is 0 Å². The van der Waals surface area contributed by atoms with Gasteiger partial charge in [-0.25, -0.2) is 9.97 Å². The van der Waals surface area contributed by atoms with Crippen molar-refractivity contribution in [3.05, 3.63) is 17.6 Å². The predicted molar refractivity (Wildman–Crippen MR) is 80.5 cm³/mol. The highest BCUT2D eigenvalue weighted by Gasteiger charge is 2.16. The molecule has 1 heterocycles. The highest BCUT2D eigenvalue weighted by molar-refractivity contribution is 7.99. The van der Waals surface area contributed by atoms with Gasteiger partial charge in [0.05, 0.1) is 18.1 Å². The molecule has 4 nitrogen and oxygen atoms in total. The molecule has 0 radical (unpaired) electrons. The SMILES string of the molecule is CCNc1cc(COC)nc(CSC2CCCC2)n1. The maximum absolute atomic E-state index is 5.17. The zero-order valence-electron chi connectivity index (χ0n) is 11.8. The van der Waals surface area contributed by atoms with Gasteiger partial charge in [0.25, 0.3) is 0 Å². The van der Waals surface area contributed by atoms with Crippen LogP contribution in [0.3, 0.4) is 0 Å². The van der Waals surface area contributed by atoms with Crippen molar-refractivity contribution in [1.29, 1.82) is 0 Å². The van der Waals surface area contributed by atoms with E-state index in [1.54, 1.807) is 7.11 Å². The molecule has 0 unspecified atom stereocenters. The van der Waals surface area contributed by atoms with Gasteiger partial charge in [0, 0.05) is 25.0 Å². The van der Waals surface area contributed by atoms with Crippen LogP contribution in [-0.4, -0.2) is 28.9 Å². The van der Waals surface area contributed by atoms with Crippen molar-refractivity contribution < 1.29 is 4.74 Å². The Hall–Kier alpha value is -0.810. The summed E-state index contributed by atoms with van der Waals surface area (Å²) in [5, 5.41) is 4.06. The van der Waals surface area contributed by atoms with E-state index in [2.05, 4.69) is 22.2 Å². The number of rotatable bonds is 7. The van der Waals surface area contributed by atoms with Crippen molar-refractivity contribution in [2.24, 2.45) is 0 Å². The first-order chi connectivity index (χ1) is 9.31. The Labute approximate surface area is 119 Å². The van der Waals surface area contributed by atoms with Gasteiger partial charge in [-0.2, -0.15) is 11.8 Å². The summed E-state index contributed by atoms with van der Waals surface area (Å²) in [6.07, 6.45) is 5.46. The van der Waals surface area contributed by atoms with Crippen LogP contribution in [0.25, 0.3) is 0 Å². The van der Waals surface area contributed by atoms with Crippen LogP contribution in [0.15, 0.2) is 6.07 Å². The first-order valence-corrected chi connectivity index (χ1v) is 8.08. The van der Waals surface area contributed by atoms with Gasteiger partial charge in [-0.15, -0.1) is 0 Å². The van der Waals surface area contributed by atoms with E-state index in [0.29, 0.717) is 6.61 Å². The Morgan fingerprint density at radius 1 is 1.37 bits per heavy atom. The molecule has 1 saturated carbocycles. The molecule has 5 heteroatoms. The molecule has 1 aromatic rings. The molecule has 106 valence electrons. The molecule has 0 spiro atoms. The fraction of sp³-hybridized carbons (Fsp3) is 0.714. The standard InChI is InChI=1S/C14H23N3OS/c1-3-15-13-8-11(9-18-2)16-14(17-13)10-19-12-6-4-5-7-12/h8,12H,3-7,9-10H2,1-2H3,(H,15,16,17). The number of methoxy groups -OCH3 is 1. The summed E-state index contributed by atoms with van der Waals surface area (Å²) >= 11 is 2.00. The minimum atomic E-state index is 0.544. The summed E-state index contributed by atoms with van der Waals surface area (Å²) in [6, 6.07) is 1.97. The number of nitrogens with one attached hydrogen (secondary N) is 1. The van der Waals surface area contributed by atoms with Crippen molar-refractivity contribution in [2.45, 2.75) is 50.2 Å². The summed E-state index contributed by atoms with van der Waals surface area (Å²) < 4.78 is 5.17. The van der Waals surface area contributed by atoms with E-state index in [1.807, 2.05) is 17.8 Å². The maximum Gasteiger partial charge on any atom is 0.140 e. The third kappa shape index (κ3) is 4.66. The molecular weight excluding hydrogens is 258 g/mol. The number of anilines is 1. The highest BCUT2D eigenvalue weighted by Crippen LogP contribution is 2.31. The molecule has 0 amide bonds. The van der Waals surface area contributed by atoms with Gasteiger partial charge < -0.3 is 10.1 Å². The van der Waals surface area contributed by atoms with E-state index in [1.165, 1.54) is 25.7 Å². The number of ether oxygens (including phenoxy) is 1. The Kier molecular flexibility index (Phi) is 5.92. The lowest BCUT2D eigenvalue weighted by Gasteiger charge is -2.11. The van der Waals surface area contributed by atoms with Crippen molar-refractivity contribution >= 4 is 17.6 Å². The van der Waals surface area contributed by atoms with Gasteiger partial charge in [-0.05, 0) is 19.8 Å². The first-order valence-electron chi connectivity index (χ1n) is 7.03. The Morgan fingerprint density at radius 2 is 2.16 bits per heavy atom. The van der Waals surface area contributed by atoms with Crippen LogP contribution in [0.2, 0.25) is 0 Å². The summed E-state index contributed by atoms with van der Waals surface area (Å²) in [6.45, 7) is 3.49. The van der Waals surface area contributed by atoms with Crippen LogP contribution in [0.1, 0.15) is 44.1 Å². The lowest BCUT2D eigenvalue weighted by molar-refractivity contribution is 0.181. The summed E-state index contributed by atoms with van der Waals surface area (Å²) in [7, 11) is 1.70. The fourth-order valence-corrected chi connectivity index (χ4v) is 3.54. The molecule has 0 bridgehead atoms. The maximum atomic E-state index is 5.17. The van der Waals surface area contributed by atoms with E-state index in [4.69, 9.17) is 4.74 Å². The molecule has 0 saturated heterocycles. The number of aromatic nitrogens is 2. The van der Waals surface area contributed by atoms with E-state index in [9.17, 15) is 0 Å². The lowest BCUT2D eigenvalue weighted by atomic mass is 10.4. The van der Waals surface area contributed by atoms with Crippen molar-refractivity contribution in [1.82, 2.24) is 9.97 Å². The van der Waals surface area contributed by atoms with Crippen LogP contribution in [0.4, 0.5) is 5.82 Å². The second-order valence-electron chi connectivity index (χ2n) is 4.84. The summed E-state index contributed by atoms with van der Waals surface area (Å²) in [5.74, 6) is 2.73. The largest absolute Gasteiger partial charge is 0.378 e. The number of nitrogens with zero attached hydrogens (tertiary/aromatic N) is 2. The molecule has 1 aliphatic carbocycles. The zero-order valence-corrected chi connectivity index (χ0v) is 12.6. The minimum Gasteiger partial charge on any atom is -0.378 e. The highest BCUT2D eigenvalue weighted by atomic mass is 32.2. The molecule has 1 N–H and O–H groups in total. The van der Waals surface area contributed by atoms with Crippen LogP contribution >= 0.6 is 11.8 Å². The lowest BCUT2D eigenvalue weighted by Crippen LogP contribution is -2.07. The third-order valence-electron chi connectivity index (χ3n) is 3.23. The molecule has 0 atom stereocenters. The fourth-order valence-electron chi connectivity index (χ4n) is 2.36.